The van der Waals surface area contributed by atoms with Gasteiger partial charge >= 0.3 is 6.18 Å². The molecule has 0 atom stereocenters. The van der Waals surface area contributed by atoms with Crippen LogP contribution in [0.25, 0.3) is 0 Å². The Bertz CT molecular complexity index is 655. The SMILES string of the molecule is C=CCNC(=O)C1(C(=O)Nc2ccc(Cl)c(C(F)(F)F)c2)CC1. The average Bonchev–Trinajstić information content (AvgIpc) is 3.27. The standard InChI is InChI=1S/C15H14ClF3N2O2/c1-2-7-20-12(22)14(5-6-14)13(23)21-9-3-4-11(16)10(8-9)15(17,18)19/h2-4,8H,1,5-7H2,(H,20,22)(H,21,23). The summed E-state index contributed by atoms with van der Waals surface area (Å²) in [6.45, 7) is 3.67. The lowest BCUT2D eigenvalue weighted by atomic mass is 10.0. The summed E-state index contributed by atoms with van der Waals surface area (Å²) >= 11 is 5.52. The van der Waals surface area contributed by atoms with E-state index >= 15 is 0 Å². The molecule has 0 radical (unpaired) electrons. The van der Waals surface area contributed by atoms with Crippen molar-refractivity contribution >= 4 is 29.1 Å². The predicted octanol–water partition coefficient (Wildman–Crippen LogP) is 3.38. The van der Waals surface area contributed by atoms with Gasteiger partial charge in [0.1, 0.15) is 5.41 Å². The van der Waals surface area contributed by atoms with Gasteiger partial charge in [-0.25, -0.2) is 0 Å². The van der Waals surface area contributed by atoms with Crippen molar-refractivity contribution < 1.29 is 22.8 Å². The van der Waals surface area contributed by atoms with Crippen molar-refractivity contribution in [3.05, 3.63) is 41.4 Å². The lowest BCUT2D eigenvalue weighted by Crippen LogP contribution is -2.40. The summed E-state index contributed by atoms with van der Waals surface area (Å²) in [6, 6.07) is 3.06. The zero-order chi connectivity index (χ0) is 17.3. The third kappa shape index (κ3) is 3.67. The fourth-order valence-corrected chi connectivity index (χ4v) is 2.31. The molecule has 23 heavy (non-hydrogen) atoms. The first-order valence-corrected chi connectivity index (χ1v) is 7.16. The molecule has 0 unspecified atom stereocenters. The molecule has 1 fully saturated rings. The number of nitrogens with one attached hydrogen (secondary N) is 2. The van der Waals surface area contributed by atoms with E-state index in [4.69, 9.17) is 11.6 Å². The molecule has 0 spiro atoms. The highest BCUT2D eigenvalue weighted by molar-refractivity contribution is 6.31. The van der Waals surface area contributed by atoms with E-state index in [1.54, 1.807) is 0 Å². The monoisotopic (exact) mass is 346 g/mol. The zero-order valence-electron chi connectivity index (χ0n) is 12.0. The Morgan fingerprint density at radius 1 is 1.30 bits per heavy atom. The van der Waals surface area contributed by atoms with E-state index in [1.165, 1.54) is 12.1 Å². The molecular weight excluding hydrogens is 333 g/mol. The Hall–Kier alpha value is -2.02. The van der Waals surface area contributed by atoms with Gasteiger partial charge in [-0.15, -0.1) is 6.58 Å². The second-order valence-corrected chi connectivity index (χ2v) is 5.63. The van der Waals surface area contributed by atoms with Gasteiger partial charge in [0.15, 0.2) is 0 Å². The molecule has 0 saturated heterocycles. The number of hydrogen-bond donors (Lipinski definition) is 2. The van der Waals surface area contributed by atoms with E-state index < -0.39 is 34.0 Å². The molecule has 8 heteroatoms. The molecule has 0 aliphatic heterocycles. The van der Waals surface area contributed by atoms with Crippen LogP contribution in [-0.2, 0) is 15.8 Å². The van der Waals surface area contributed by atoms with Gasteiger partial charge in [-0.2, -0.15) is 13.2 Å². The minimum Gasteiger partial charge on any atom is -0.352 e. The Kier molecular flexibility index (Phi) is 4.70. The largest absolute Gasteiger partial charge is 0.417 e. The van der Waals surface area contributed by atoms with Crippen LogP contribution in [0.15, 0.2) is 30.9 Å². The third-order valence-corrected chi connectivity index (χ3v) is 3.89. The first-order chi connectivity index (χ1) is 10.7. The summed E-state index contributed by atoms with van der Waals surface area (Å²) in [7, 11) is 0. The van der Waals surface area contributed by atoms with Crippen molar-refractivity contribution in [2.75, 3.05) is 11.9 Å². The van der Waals surface area contributed by atoms with Gasteiger partial charge < -0.3 is 10.6 Å². The smallest absolute Gasteiger partial charge is 0.352 e. The van der Waals surface area contributed by atoms with Crippen LogP contribution in [-0.4, -0.2) is 18.4 Å². The summed E-state index contributed by atoms with van der Waals surface area (Å²) < 4.78 is 38.4. The van der Waals surface area contributed by atoms with Gasteiger partial charge in [0.25, 0.3) is 0 Å². The van der Waals surface area contributed by atoms with Gasteiger partial charge in [-0.1, -0.05) is 17.7 Å². The van der Waals surface area contributed by atoms with Crippen molar-refractivity contribution in [3.8, 4) is 0 Å². The minimum absolute atomic E-state index is 0.0606. The van der Waals surface area contributed by atoms with E-state index in [-0.39, 0.29) is 12.2 Å². The van der Waals surface area contributed by atoms with Gasteiger partial charge in [-0.05, 0) is 31.0 Å². The molecule has 1 aromatic carbocycles. The number of amides is 2. The maximum atomic E-state index is 12.8. The fourth-order valence-electron chi connectivity index (χ4n) is 2.09. The molecule has 124 valence electrons. The van der Waals surface area contributed by atoms with E-state index in [0.29, 0.717) is 12.8 Å². The van der Waals surface area contributed by atoms with Crippen molar-refractivity contribution in [1.82, 2.24) is 5.32 Å². The topological polar surface area (TPSA) is 58.2 Å². The number of alkyl halides is 3. The highest BCUT2D eigenvalue weighted by Gasteiger charge is 2.56. The van der Waals surface area contributed by atoms with Crippen molar-refractivity contribution in [1.29, 1.82) is 0 Å². The summed E-state index contributed by atoms with van der Waals surface area (Å²) in [6.07, 6.45) is -2.46. The lowest BCUT2D eigenvalue weighted by molar-refractivity contribution is -0.138. The number of carbonyl (C=O) groups is 2. The first-order valence-electron chi connectivity index (χ1n) is 6.78. The molecule has 2 amide bonds. The van der Waals surface area contributed by atoms with Crippen molar-refractivity contribution in [2.45, 2.75) is 19.0 Å². The maximum absolute atomic E-state index is 12.8. The summed E-state index contributed by atoms with van der Waals surface area (Å²) in [5, 5.41) is 4.43. The fraction of sp³-hybridized carbons (Fsp3) is 0.333. The van der Waals surface area contributed by atoms with Gasteiger partial charge in [0.2, 0.25) is 11.8 Å². The maximum Gasteiger partial charge on any atom is 0.417 e. The molecule has 4 nitrogen and oxygen atoms in total. The molecule has 0 bridgehead atoms. The first kappa shape index (κ1) is 17.3. The van der Waals surface area contributed by atoms with Crippen LogP contribution < -0.4 is 10.6 Å². The third-order valence-electron chi connectivity index (χ3n) is 3.56. The van der Waals surface area contributed by atoms with Gasteiger partial charge in [0, 0.05) is 12.2 Å². The Morgan fingerprint density at radius 2 is 1.96 bits per heavy atom. The second kappa shape index (κ2) is 6.23. The molecule has 1 aliphatic carbocycles. The Labute approximate surface area is 135 Å². The van der Waals surface area contributed by atoms with E-state index in [1.807, 2.05) is 0 Å². The van der Waals surface area contributed by atoms with Crippen molar-refractivity contribution in [3.63, 3.8) is 0 Å². The molecule has 1 aromatic rings. The Morgan fingerprint density at radius 3 is 2.48 bits per heavy atom. The Balaban J connectivity index is 2.15. The quantitative estimate of drug-likeness (QED) is 0.634. The molecule has 1 aliphatic rings. The number of rotatable bonds is 5. The van der Waals surface area contributed by atoms with Crippen LogP contribution in [0.4, 0.5) is 18.9 Å². The molecule has 1 saturated carbocycles. The molecule has 0 heterocycles. The van der Waals surface area contributed by atoms with Crippen LogP contribution in [0.3, 0.4) is 0 Å². The van der Waals surface area contributed by atoms with Crippen LogP contribution in [0.2, 0.25) is 5.02 Å². The summed E-state index contributed by atoms with van der Waals surface area (Å²) in [5.41, 5.74) is -2.33. The highest BCUT2D eigenvalue weighted by Crippen LogP contribution is 2.47. The van der Waals surface area contributed by atoms with Gasteiger partial charge in [-0.3, -0.25) is 9.59 Å². The second-order valence-electron chi connectivity index (χ2n) is 5.23. The van der Waals surface area contributed by atoms with E-state index in [0.717, 1.165) is 12.1 Å². The predicted molar refractivity (Wildman–Crippen MR) is 80.0 cm³/mol. The molecular formula is C15H14ClF3N2O2. The molecule has 0 aromatic heterocycles. The molecule has 2 rings (SSSR count). The zero-order valence-corrected chi connectivity index (χ0v) is 12.7. The van der Waals surface area contributed by atoms with Crippen molar-refractivity contribution in [2.24, 2.45) is 5.41 Å². The lowest BCUT2D eigenvalue weighted by Gasteiger charge is -2.16. The summed E-state index contributed by atoms with van der Waals surface area (Å²) in [5.74, 6) is -1.09. The molecule has 2 N–H and O–H groups in total. The van der Waals surface area contributed by atoms with Crippen LogP contribution >= 0.6 is 11.6 Å². The highest BCUT2D eigenvalue weighted by atomic mass is 35.5. The number of benzene rings is 1. The van der Waals surface area contributed by atoms with Crippen LogP contribution in [0, 0.1) is 5.41 Å². The van der Waals surface area contributed by atoms with E-state index in [9.17, 15) is 22.8 Å². The summed E-state index contributed by atoms with van der Waals surface area (Å²) in [4.78, 5) is 24.2. The number of halogens is 4. The number of hydrogen-bond acceptors (Lipinski definition) is 2. The number of carbonyl (C=O) groups excluding carboxylic acids is 2. The normalized spacial score (nSPS) is 15.7. The minimum atomic E-state index is -4.63. The average molecular weight is 347 g/mol. The number of anilines is 1. The van der Waals surface area contributed by atoms with E-state index in [2.05, 4.69) is 17.2 Å². The van der Waals surface area contributed by atoms with Crippen LogP contribution in [0.5, 0.6) is 0 Å². The van der Waals surface area contributed by atoms with Gasteiger partial charge in [0.05, 0.1) is 10.6 Å². The van der Waals surface area contributed by atoms with Crippen LogP contribution in [0.1, 0.15) is 18.4 Å².